The Morgan fingerprint density at radius 1 is 1.26 bits per heavy atom. The van der Waals surface area contributed by atoms with Crippen LogP contribution < -0.4 is 0 Å². The zero-order valence-electron chi connectivity index (χ0n) is 19.6. The van der Waals surface area contributed by atoms with Gasteiger partial charge in [0.2, 0.25) is 5.88 Å². The quantitative estimate of drug-likeness (QED) is 0.416. The summed E-state index contributed by atoms with van der Waals surface area (Å²) in [6, 6.07) is 4.41. The fraction of sp³-hybridized carbons (Fsp3) is 0.500. The third-order valence-corrected chi connectivity index (χ3v) is 7.50. The molecule has 1 unspecified atom stereocenters. The minimum Gasteiger partial charge on any atom is -0.439 e. The van der Waals surface area contributed by atoms with Crippen molar-refractivity contribution in [1.82, 2.24) is 4.90 Å². The van der Waals surface area contributed by atoms with Crippen molar-refractivity contribution in [2.45, 2.75) is 78.6 Å². The van der Waals surface area contributed by atoms with Crippen molar-refractivity contribution < 1.29 is 4.74 Å². The topological polar surface area (TPSA) is 12.5 Å². The summed E-state index contributed by atoms with van der Waals surface area (Å²) in [5, 5.41) is 2.18. The lowest BCUT2D eigenvalue weighted by Gasteiger charge is -2.31. The second-order valence-electron chi connectivity index (χ2n) is 9.82. The number of thiophene rings is 1. The summed E-state index contributed by atoms with van der Waals surface area (Å²) in [7, 11) is 0. The Morgan fingerprint density at radius 2 is 2.13 bits per heavy atom. The van der Waals surface area contributed by atoms with Crippen LogP contribution in [0.3, 0.4) is 0 Å². The minimum atomic E-state index is 0.299. The van der Waals surface area contributed by atoms with Gasteiger partial charge in [-0.15, -0.1) is 11.3 Å². The van der Waals surface area contributed by atoms with E-state index in [1.165, 1.54) is 47.4 Å². The smallest absolute Gasteiger partial charge is 0.200 e. The van der Waals surface area contributed by atoms with Gasteiger partial charge in [0.15, 0.2) is 0 Å². The van der Waals surface area contributed by atoms with Gasteiger partial charge >= 0.3 is 0 Å². The Hall–Kier alpha value is -2.00. The molecular weight excluding hydrogens is 398 g/mol. The van der Waals surface area contributed by atoms with Gasteiger partial charge in [0.05, 0.1) is 5.70 Å². The summed E-state index contributed by atoms with van der Waals surface area (Å²) < 4.78 is 6.44. The van der Waals surface area contributed by atoms with Crippen molar-refractivity contribution >= 4 is 11.3 Å². The summed E-state index contributed by atoms with van der Waals surface area (Å²) in [6.45, 7) is 10.2. The number of hydrogen-bond donors (Lipinski definition) is 0. The summed E-state index contributed by atoms with van der Waals surface area (Å²) >= 11 is 1.86. The number of hydrogen-bond acceptors (Lipinski definition) is 3. The predicted octanol–water partition coefficient (Wildman–Crippen LogP) is 8.45. The van der Waals surface area contributed by atoms with Crippen LogP contribution in [0.4, 0.5) is 0 Å². The number of unbranched alkanes of at least 4 members (excludes halogenated alkanes) is 2. The first-order valence-electron chi connectivity index (χ1n) is 12.0. The van der Waals surface area contributed by atoms with Gasteiger partial charge in [-0.1, -0.05) is 63.5 Å². The van der Waals surface area contributed by atoms with Crippen LogP contribution in [0.1, 0.15) is 83.4 Å². The highest BCUT2D eigenvalue weighted by atomic mass is 32.1. The van der Waals surface area contributed by atoms with E-state index in [1.54, 1.807) is 0 Å². The number of rotatable bonds is 6. The van der Waals surface area contributed by atoms with Gasteiger partial charge in [-0.2, -0.15) is 0 Å². The molecule has 0 spiro atoms. The molecule has 0 radical (unpaired) electrons. The van der Waals surface area contributed by atoms with Crippen LogP contribution >= 0.6 is 11.3 Å². The molecule has 1 aromatic rings. The van der Waals surface area contributed by atoms with E-state index in [0.717, 1.165) is 37.4 Å². The molecule has 0 saturated carbocycles. The van der Waals surface area contributed by atoms with Gasteiger partial charge in [0.25, 0.3) is 0 Å². The fourth-order valence-corrected chi connectivity index (χ4v) is 5.89. The normalized spacial score (nSPS) is 25.6. The van der Waals surface area contributed by atoms with Crippen molar-refractivity contribution in [2.24, 2.45) is 5.41 Å². The molecule has 31 heavy (non-hydrogen) atoms. The van der Waals surface area contributed by atoms with Gasteiger partial charge in [-0.3, -0.25) is 0 Å². The zero-order valence-corrected chi connectivity index (χ0v) is 20.4. The van der Waals surface area contributed by atoms with Gasteiger partial charge in [0, 0.05) is 23.4 Å². The summed E-state index contributed by atoms with van der Waals surface area (Å²) in [4.78, 5) is 3.84. The van der Waals surface area contributed by atoms with E-state index in [2.05, 4.69) is 80.5 Å². The SMILES string of the molecule is CCCC/C=C1C=C(/C=C2\OC3=C(CCC(c4cccs4)C=C3)N2CC)CC(C)(C)C/1. The molecule has 0 N–H and O–H groups in total. The molecule has 0 saturated heterocycles. The highest BCUT2D eigenvalue weighted by Gasteiger charge is 2.31. The average molecular weight is 436 g/mol. The van der Waals surface area contributed by atoms with Gasteiger partial charge in [0.1, 0.15) is 5.76 Å². The van der Waals surface area contributed by atoms with E-state index in [1.807, 2.05) is 11.3 Å². The molecule has 166 valence electrons. The Balaban J connectivity index is 1.55. The first kappa shape index (κ1) is 22.2. The first-order chi connectivity index (χ1) is 15.0. The average Bonchev–Trinajstić information content (AvgIpc) is 3.31. The van der Waals surface area contributed by atoms with Gasteiger partial charge < -0.3 is 9.64 Å². The van der Waals surface area contributed by atoms with E-state index >= 15 is 0 Å². The maximum absolute atomic E-state index is 6.44. The largest absolute Gasteiger partial charge is 0.439 e. The van der Waals surface area contributed by atoms with E-state index in [4.69, 9.17) is 4.74 Å². The number of ether oxygens (including phenoxy) is 1. The Morgan fingerprint density at radius 3 is 2.87 bits per heavy atom. The molecule has 3 aliphatic rings. The third kappa shape index (κ3) is 5.26. The summed E-state index contributed by atoms with van der Waals surface area (Å²) in [5.41, 5.74) is 4.53. The molecule has 0 aromatic carbocycles. The van der Waals surface area contributed by atoms with Crippen LogP contribution in [0.15, 0.2) is 76.4 Å². The van der Waals surface area contributed by atoms with Crippen LogP contribution in [0, 0.1) is 5.41 Å². The maximum atomic E-state index is 6.44. The molecule has 1 aromatic heterocycles. The molecule has 2 heterocycles. The molecule has 1 aliphatic heterocycles. The predicted molar refractivity (Wildman–Crippen MR) is 133 cm³/mol. The van der Waals surface area contributed by atoms with E-state index in [9.17, 15) is 0 Å². The Kier molecular flexibility index (Phi) is 6.91. The van der Waals surface area contributed by atoms with Crippen LogP contribution in [0.25, 0.3) is 0 Å². The lowest BCUT2D eigenvalue weighted by Crippen LogP contribution is -2.20. The Labute approximate surface area is 192 Å². The highest BCUT2D eigenvalue weighted by molar-refractivity contribution is 7.10. The standard InChI is InChI=1S/C28H37NOS/c1-5-7-8-10-21-17-22(20-28(3,4)19-21)18-27-29(6-2)24-14-12-23(13-15-25(24)30-27)26-11-9-16-31-26/h9-11,13,15-18,23H,5-8,12,14,19-20H2,1-4H3/b21-10-,27-18-. The number of nitrogens with zero attached hydrogens (tertiary/aromatic N) is 1. The van der Waals surface area contributed by atoms with Gasteiger partial charge in [-0.25, -0.2) is 0 Å². The lowest BCUT2D eigenvalue weighted by atomic mass is 9.75. The second kappa shape index (κ2) is 9.65. The minimum absolute atomic E-state index is 0.299. The molecule has 1 atom stereocenters. The van der Waals surface area contributed by atoms with Crippen LogP contribution in [-0.2, 0) is 4.74 Å². The Bertz CT molecular complexity index is 926. The van der Waals surface area contributed by atoms with Gasteiger partial charge in [-0.05, 0) is 67.5 Å². The van der Waals surface area contributed by atoms with Crippen molar-refractivity contribution in [3.8, 4) is 0 Å². The molecule has 2 aliphatic carbocycles. The molecule has 0 amide bonds. The lowest BCUT2D eigenvalue weighted by molar-refractivity contribution is 0.255. The van der Waals surface area contributed by atoms with E-state index in [-0.39, 0.29) is 0 Å². The summed E-state index contributed by atoms with van der Waals surface area (Å²) in [5.74, 6) is 2.54. The third-order valence-electron chi connectivity index (χ3n) is 6.50. The zero-order chi connectivity index (χ0) is 21.8. The first-order valence-corrected chi connectivity index (χ1v) is 12.9. The molecule has 3 heteroatoms. The summed E-state index contributed by atoms with van der Waals surface area (Å²) in [6.07, 6.45) is 19.9. The van der Waals surface area contributed by atoms with E-state index in [0.29, 0.717) is 11.3 Å². The fourth-order valence-electron chi connectivity index (χ4n) is 5.05. The van der Waals surface area contributed by atoms with Crippen molar-refractivity contribution in [3.63, 3.8) is 0 Å². The highest BCUT2D eigenvalue weighted by Crippen LogP contribution is 2.42. The van der Waals surface area contributed by atoms with Crippen LogP contribution in [0.2, 0.25) is 0 Å². The monoisotopic (exact) mass is 435 g/mol. The maximum Gasteiger partial charge on any atom is 0.200 e. The van der Waals surface area contributed by atoms with Crippen molar-refractivity contribution in [2.75, 3.05) is 6.54 Å². The second-order valence-corrected chi connectivity index (χ2v) is 10.8. The molecule has 0 bridgehead atoms. The molecule has 4 rings (SSSR count). The van der Waals surface area contributed by atoms with Crippen LogP contribution in [-0.4, -0.2) is 11.4 Å². The van der Waals surface area contributed by atoms with Crippen LogP contribution in [0.5, 0.6) is 0 Å². The molecule has 0 fully saturated rings. The van der Waals surface area contributed by atoms with Crippen molar-refractivity contribution in [3.05, 3.63) is 81.3 Å². The van der Waals surface area contributed by atoms with Crippen molar-refractivity contribution in [1.29, 1.82) is 0 Å². The van der Waals surface area contributed by atoms with E-state index < -0.39 is 0 Å². The molecule has 2 nitrogen and oxygen atoms in total. The number of allylic oxidation sites excluding steroid dienone is 8. The molecular formula is C28H37NOS.